The fourth-order valence-electron chi connectivity index (χ4n) is 4.09. The molecule has 1 fully saturated rings. The van der Waals surface area contributed by atoms with Gasteiger partial charge in [-0.2, -0.15) is 4.72 Å². The Hall–Kier alpha value is -4.10. The Morgan fingerprint density at radius 2 is 1.84 bits per heavy atom. The Labute approximate surface area is 219 Å². The van der Waals surface area contributed by atoms with Gasteiger partial charge in [0.05, 0.1) is 10.5 Å². The summed E-state index contributed by atoms with van der Waals surface area (Å²) in [6, 6.07) is 11.6. The van der Waals surface area contributed by atoms with E-state index in [-0.39, 0.29) is 16.5 Å². The van der Waals surface area contributed by atoms with Crippen molar-refractivity contribution in [1.82, 2.24) is 20.0 Å². The van der Waals surface area contributed by atoms with Crippen LogP contribution in [-0.2, 0) is 14.8 Å². The molecular weight excluding hydrogens is 515 g/mol. The molecule has 1 aliphatic heterocycles. The van der Waals surface area contributed by atoms with E-state index in [1.165, 1.54) is 36.4 Å². The average molecular weight is 543 g/mol. The number of rotatable bonds is 10. The van der Waals surface area contributed by atoms with Crippen molar-refractivity contribution in [1.29, 1.82) is 0 Å². The zero-order valence-corrected chi connectivity index (χ0v) is 21.1. The number of carbonyl (C=O) groups excluding carboxylic acids is 1. The second-order valence-electron chi connectivity index (χ2n) is 8.70. The standard InChI is InChI=1S/C25H27FN6O5S/c26-21-14-18(32-13-4-6-17(16-32)30-25-27-11-5-12-28-25)9-10-20(21)23(33)29-15-22(24(34)35)31-38(36,37)19-7-2-1-3-8-19/h1-3,5,7-12,14,17,22,31H,4,6,13,15-16H2,(H,29,33)(H,34,35)(H,27,28,30). The van der Waals surface area contributed by atoms with Crippen molar-refractivity contribution >= 4 is 33.5 Å². The number of anilines is 2. The molecule has 1 aliphatic rings. The van der Waals surface area contributed by atoms with Gasteiger partial charge in [-0.1, -0.05) is 18.2 Å². The predicted octanol–water partition coefficient (Wildman–Crippen LogP) is 1.86. The molecule has 3 aromatic rings. The third kappa shape index (κ3) is 6.81. The number of aromatic nitrogens is 2. The molecule has 1 amide bonds. The molecule has 2 aromatic carbocycles. The number of sulfonamides is 1. The number of amides is 1. The number of aliphatic carboxylic acids is 1. The van der Waals surface area contributed by atoms with Crippen LogP contribution in [0, 0.1) is 5.82 Å². The molecule has 0 aliphatic carbocycles. The lowest BCUT2D eigenvalue weighted by Gasteiger charge is -2.34. The first-order chi connectivity index (χ1) is 18.2. The molecule has 4 N–H and O–H groups in total. The lowest BCUT2D eigenvalue weighted by atomic mass is 10.0. The van der Waals surface area contributed by atoms with E-state index < -0.39 is 40.3 Å². The van der Waals surface area contributed by atoms with E-state index in [2.05, 4.69) is 20.6 Å². The van der Waals surface area contributed by atoms with E-state index in [0.29, 0.717) is 24.7 Å². The van der Waals surface area contributed by atoms with Crippen molar-refractivity contribution in [3.8, 4) is 0 Å². The van der Waals surface area contributed by atoms with Gasteiger partial charge in [0.15, 0.2) is 0 Å². The van der Waals surface area contributed by atoms with Crippen molar-refractivity contribution < 1.29 is 27.5 Å². The molecule has 2 atom stereocenters. The minimum Gasteiger partial charge on any atom is -0.480 e. The van der Waals surface area contributed by atoms with Crippen LogP contribution in [0.5, 0.6) is 0 Å². The maximum absolute atomic E-state index is 14.9. The Bertz CT molecular complexity index is 1380. The Morgan fingerprint density at radius 1 is 1.11 bits per heavy atom. The van der Waals surface area contributed by atoms with Crippen molar-refractivity contribution in [3.05, 3.63) is 78.4 Å². The van der Waals surface area contributed by atoms with E-state index in [4.69, 9.17) is 0 Å². The quantitative estimate of drug-likeness (QED) is 0.301. The average Bonchev–Trinajstić information content (AvgIpc) is 2.92. The zero-order chi connectivity index (χ0) is 27.1. The van der Waals surface area contributed by atoms with Gasteiger partial charge in [-0.15, -0.1) is 0 Å². The van der Waals surface area contributed by atoms with Gasteiger partial charge in [0.2, 0.25) is 16.0 Å². The SMILES string of the molecule is O=C(NCC(NS(=O)(=O)c1ccccc1)C(=O)O)c1ccc(N2CCCC(Nc3ncccn3)C2)cc1F. The highest BCUT2D eigenvalue weighted by atomic mass is 32.2. The van der Waals surface area contributed by atoms with Gasteiger partial charge >= 0.3 is 5.97 Å². The molecule has 0 bridgehead atoms. The second-order valence-corrected chi connectivity index (χ2v) is 10.4. The first kappa shape index (κ1) is 26.9. The molecule has 38 heavy (non-hydrogen) atoms. The number of carboxylic acid groups (broad SMARTS) is 1. The number of halogens is 1. The van der Waals surface area contributed by atoms with Gasteiger partial charge in [0.25, 0.3) is 5.91 Å². The summed E-state index contributed by atoms with van der Waals surface area (Å²) in [6.07, 6.45) is 5.05. The summed E-state index contributed by atoms with van der Waals surface area (Å²) in [5, 5.41) is 15.0. The zero-order valence-electron chi connectivity index (χ0n) is 20.2. The number of hydrogen-bond acceptors (Lipinski definition) is 8. The number of hydrogen-bond donors (Lipinski definition) is 4. The molecule has 1 aromatic heterocycles. The smallest absolute Gasteiger partial charge is 0.323 e. The number of piperidine rings is 1. The predicted molar refractivity (Wildman–Crippen MR) is 138 cm³/mol. The van der Waals surface area contributed by atoms with E-state index in [1.54, 1.807) is 30.6 Å². The van der Waals surface area contributed by atoms with Crippen LogP contribution in [0.15, 0.2) is 71.9 Å². The maximum Gasteiger partial charge on any atom is 0.323 e. The largest absolute Gasteiger partial charge is 0.480 e. The van der Waals surface area contributed by atoms with Crippen LogP contribution in [-0.4, -0.2) is 67.1 Å². The lowest BCUT2D eigenvalue weighted by Crippen LogP contribution is -2.48. The monoisotopic (exact) mass is 542 g/mol. The van der Waals surface area contributed by atoms with Gasteiger partial charge in [0, 0.05) is 43.8 Å². The fourth-order valence-corrected chi connectivity index (χ4v) is 5.31. The van der Waals surface area contributed by atoms with Gasteiger partial charge < -0.3 is 20.6 Å². The summed E-state index contributed by atoms with van der Waals surface area (Å²) in [6.45, 7) is 0.716. The van der Waals surface area contributed by atoms with E-state index in [0.717, 1.165) is 12.8 Å². The van der Waals surface area contributed by atoms with Gasteiger partial charge in [0.1, 0.15) is 11.9 Å². The molecular formula is C25H27FN6O5S. The highest BCUT2D eigenvalue weighted by Crippen LogP contribution is 2.24. The Kier molecular flexibility index (Phi) is 8.48. The summed E-state index contributed by atoms with van der Waals surface area (Å²) in [5.41, 5.74) is 0.312. The normalized spacial score (nSPS) is 16.4. The van der Waals surface area contributed by atoms with Crippen LogP contribution in [0.3, 0.4) is 0 Å². The number of carboxylic acids is 1. The van der Waals surface area contributed by atoms with Crippen LogP contribution in [0.25, 0.3) is 0 Å². The van der Waals surface area contributed by atoms with Crippen LogP contribution < -0.4 is 20.3 Å². The fraction of sp³-hybridized carbons (Fsp3) is 0.280. The number of carbonyl (C=O) groups is 2. The van der Waals surface area contributed by atoms with Crippen molar-refractivity contribution in [2.75, 3.05) is 29.9 Å². The minimum absolute atomic E-state index is 0.0600. The highest BCUT2D eigenvalue weighted by molar-refractivity contribution is 7.89. The van der Waals surface area contributed by atoms with E-state index in [9.17, 15) is 27.5 Å². The van der Waals surface area contributed by atoms with Crippen molar-refractivity contribution in [2.24, 2.45) is 0 Å². The number of nitrogens with zero attached hydrogens (tertiary/aromatic N) is 3. The number of benzene rings is 2. The Balaban J connectivity index is 1.37. The molecule has 11 nitrogen and oxygen atoms in total. The summed E-state index contributed by atoms with van der Waals surface area (Å²) in [4.78, 5) is 34.4. The van der Waals surface area contributed by atoms with Crippen molar-refractivity contribution in [2.45, 2.75) is 29.8 Å². The van der Waals surface area contributed by atoms with Crippen LogP contribution in [0.2, 0.25) is 0 Å². The highest BCUT2D eigenvalue weighted by Gasteiger charge is 2.27. The van der Waals surface area contributed by atoms with E-state index >= 15 is 0 Å². The third-order valence-corrected chi connectivity index (χ3v) is 7.49. The molecule has 200 valence electrons. The number of nitrogens with one attached hydrogen (secondary N) is 3. The first-order valence-electron chi connectivity index (χ1n) is 11.9. The molecule has 2 heterocycles. The molecule has 1 saturated heterocycles. The molecule has 4 rings (SSSR count). The third-order valence-electron chi connectivity index (χ3n) is 6.00. The summed E-state index contributed by atoms with van der Waals surface area (Å²) >= 11 is 0. The van der Waals surface area contributed by atoms with Gasteiger partial charge in [-0.25, -0.2) is 22.8 Å². The Morgan fingerprint density at radius 3 is 2.53 bits per heavy atom. The van der Waals surface area contributed by atoms with Gasteiger partial charge in [-0.3, -0.25) is 9.59 Å². The molecule has 0 saturated carbocycles. The summed E-state index contributed by atoms with van der Waals surface area (Å²) in [7, 11) is -4.14. The van der Waals surface area contributed by atoms with E-state index in [1.807, 2.05) is 9.62 Å². The lowest BCUT2D eigenvalue weighted by molar-refractivity contribution is -0.138. The van der Waals surface area contributed by atoms with Crippen LogP contribution in [0.1, 0.15) is 23.2 Å². The van der Waals surface area contributed by atoms with Crippen LogP contribution >= 0.6 is 0 Å². The molecule has 13 heteroatoms. The minimum atomic E-state index is -4.14. The summed E-state index contributed by atoms with van der Waals surface area (Å²) < 4.78 is 41.9. The van der Waals surface area contributed by atoms with Gasteiger partial charge in [-0.05, 0) is 49.2 Å². The molecule has 0 radical (unpaired) electrons. The van der Waals surface area contributed by atoms with Crippen LogP contribution in [0.4, 0.5) is 16.0 Å². The summed E-state index contributed by atoms with van der Waals surface area (Å²) in [5.74, 6) is -2.62. The maximum atomic E-state index is 14.9. The topological polar surface area (TPSA) is 154 Å². The van der Waals surface area contributed by atoms with Crippen molar-refractivity contribution in [3.63, 3.8) is 0 Å². The second kappa shape index (κ2) is 12.0. The molecule has 2 unspecified atom stereocenters. The molecule has 0 spiro atoms. The first-order valence-corrected chi connectivity index (χ1v) is 13.4.